The number of carboxylic acids is 1. The van der Waals surface area contributed by atoms with E-state index in [2.05, 4.69) is 9.68 Å². The van der Waals surface area contributed by atoms with Gasteiger partial charge in [-0.3, -0.25) is 0 Å². The maximum Gasteiger partial charge on any atom is 1.00 e. The molecule has 0 aromatic carbocycles. The molecule has 1 aromatic heterocycles. The monoisotopic (exact) mass is 227 g/mol. The van der Waals surface area contributed by atoms with Gasteiger partial charge < -0.3 is 14.4 Å². The summed E-state index contributed by atoms with van der Waals surface area (Å²) in [5.74, 6) is -1.88. The maximum atomic E-state index is 10.7. The van der Waals surface area contributed by atoms with Gasteiger partial charge in [-0.25, -0.2) is 8.42 Å². The summed E-state index contributed by atoms with van der Waals surface area (Å²) in [4.78, 5) is 10.2. The van der Waals surface area contributed by atoms with E-state index < -0.39 is 21.5 Å². The molecule has 0 aliphatic heterocycles. The zero-order chi connectivity index (χ0) is 10.1. The molecule has 0 saturated carbocycles. The number of aromatic carboxylic acids is 1. The zero-order valence-electron chi connectivity index (χ0n) is 7.68. The standard InChI is InChI=1S/C6H7NO5S.Na/c1-13(10,11)3-4-2-5(6(8)9)7-12-4;/h2H,3H2,1H3,(H,8,9);/q;+1/p-1. The fraction of sp³-hybridized carbons (Fsp3) is 0.333. The van der Waals surface area contributed by atoms with Gasteiger partial charge in [-0.2, -0.15) is 0 Å². The third-order valence-corrected chi connectivity index (χ3v) is 1.98. The number of carbonyl (C=O) groups is 1. The number of carbonyl (C=O) groups excluding carboxylic acids is 1. The SMILES string of the molecule is CS(=O)(=O)Cc1cc(C(=O)[O-])no1.[Na+]. The number of rotatable bonds is 3. The first-order chi connectivity index (χ1) is 5.88. The molecule has 0 aliphatic carbocycles. The number of carboxylic acid groups (broad SMARTS) is 1. The Hall–Kier alpha value is -0.370. The molecule has 0 aliphatic rings. The van der Waals surface area contributed by atoms with Crippen LogP contribution in [0.25, 0.3) is 0 Å². The summed E-state index contributed by atoms with van der Waals surface area (Å²) < 4.78 is 25.9. The molecule has 0 bridgehead atoms. The van der Waals surface area contributed by atoms with Crippen LogP contribution in [0.2, 0.25) is 0 Å². The van der Waals surface area contributed by atoms with Crippen LogP contribution in [0, 0.1) is 0 Å². The van der Waals surface area contributed by atoms with Crippen molar-refractivity contribution in [3.8, 4) is 0 Å². The van der Waals surface area contributed by atoms with Crippen molar-refractivity contribution in [1.82, 2.24) is 5.16 Å². The van der Waals surface area contributed by atoms with Crippen molar-refractivity contribution in [2.45, 2.75) is 5.75 Å². The second-order valence-corrected chi connectivity index (χ2v) is 4.68. The molecule has 6 nitrogen and oxygen atoms in total. The fourth-order valence-electron chi connectivity index (χ4n) is 0.736. The van der Waals surface area contributed by atoms with Gasteiger partial charge in [-0.1, -0.05) is 5.16 Å². The predicted octanol–water partition coefficient (Wildman–Crippen LogP) is -4.41. The topological polar surface area (TPSA) is 100 Å². The number of hydrogen-bond donors (Lipinski definition) is 0. The molecule has 8 heteroatoms. The number of sulfone groups is 1. The van der Waals surface area contributed by atoms with E-state index in [4.69, 9.17) is 0 Å². The van der Waals surface area contributed by atoms with E-state index in [-0.39, 0.29) is 41.1 Å². The first-order valence-electron chi connectivity index (χ1n) is 3.23. The van der Waals surface area contributed by atoms with Crippen LogP contribution in [0.15, 0.2) is 10.6 Å². The van der Waals surface area contributed by atoms with Gasteiger partial charge in [0.2, 0.25) is 0 Å². The average molecular weight is 227 g/mol. The van der Waals surface area contributed by atoms with Crippen LogP contribution in [-0.4, -0.2) is 25.8 Å². The van der Waals surface area contributed by atoms with E-state index in [1.54, 1.807) is 0 Å². The summed E-state index contributed by atoms with van der Waals surface area (Å²) >= 11 is 0. The van der Waals surface area contributed by atoms with Crippen LogP contribution in [0.3, 0.4) is 0 Å². The van der Waals surface area contributed by atoms with Gasteiger partial charge in [-0.15, -0.1) is 0 Å². The molecule has 14 heavy (non-hydrogen) atoms. The Kier molecular flexibility index (Phi) is 4.79. The smallest absolute Gasteiger partial charge is 0.543 e. The molecule has 0 amide bonds. The van der Waals surface area contributed by atoms with Crippen LogP contribution in [-0.2, 0) is 15.6 Å². The van der Waals surface area contributed by atoms with Gasteiger partial charge >= 0.3 is 29.6 Å². The van der Waals surface area contributed by atoms with E-state index in [0.29, 0.717) is 0 Å². The average Bonchev–Trinajstić information content (AvgIpc) is 2.31. The van der Waals surface area contributed by atoms with E-state index in [1.165, 1.54) is 0 Å². The van der Waals surface area contributed by atoms with Crippen LogP contribution in [0.5, 0.6) is 0 Å². The van der Waals surface area contributed by atoms with E-state index in [9.17, 15) is 18.3 Å². The Morgan fingerprint density at radius 1 is 1.64 bits per heavy atom. The third kappa shape index (κ3) is 4.23. The van der Waals surface area contributed by atoms with Crippen molar-refractivity contribution in [2.75, 3.05) is 6.26 Å². The predicted molar refractivity (Wildman–Crippen MR) is 39.4 cm³/mol. The van der Waals surface area contributed by atoms with Gasteiger partial charge in [0.05, 0.1) is 5.97 Å². The normalized spacial score (nSPS) is 10.6. The van der Waals surface area contributed by atoms with Gasteiger partial charge in [-0.05, 0) is 0 Å². The van der Waals surface area contributed by atoms with Gasteiger partial charge in [0, 0.05) is 12.3 Å². The Morgan fingerprint density at radius 3 is 2.57 bits per heavy atom. The summed E-state index contributed by atoms with van der Waals surface area (Å²) in [5, 5.41) is 13.3. The Morgan fingerprint density at radius 2 is 2.21 bits per heavy atom. The maximum absolute atomic E-state index is 10.7. The molecular formula is C6H6NNaO5S. The Bertz CT molecular complexity index is 423. The second kappa shape index (κ2) is 4.92. The van der Waals surface area contributed by atoms with Crippen LogP contribution < -0.4 is 34.7 Å². The molecule has 1 heterocycles. The molecule has 1 rings (SSSR count). The number of hydrogen-bond acceptors (Lipinski definition) is 6. The van der Waals surface area contributed by atoms with E-state index in [0.717, 1.165) is 12.3 Å². The van der Waals surface area contributed by atoms with E-state index >= 15 is 0 Å². The molecule has 0 unspecified atom stereocenters. The molecule has 0 spiro atoms. The largest absolute Gasteiger partial charge is 1.00 e. The number of nitrogens with zero attached hydrogens (tertiary/aromatic N) is 1. The van der Waals surface area contributed by atoms with Crippen molar-refractivity contribution in [3.63, 3.8) is 0 Å². The van der Waals surface area contributed by atoms with Crippen LogP contribution >= 0.6 is 0 Å². The molecule has 0 atom stereocenters. The first kappa shape index (κ1) is 13.6. The van der Waals surface area contributed by atoms with Gasteiger partial charge in [0.15, 0.2) is 15.6 Å². The summed E-state index contributed by atoms with van der Waals surface area (Å²) in [6.45, 7) is 0. The van der Waals surface area contributed by atoms with Crippen molar-refractivity contribution < 1.29 is 52.4 Å². The molecule has 0 radical (unpaired) electrons. The molecular weight excluding hydrogens is 221 g/mol. The molecule has 0 saturated heterocycles. The van der Waals surface area contributed by atoms with Crippen molar-refractivity contribution in [3.05, 3.63) is 17.5 Å². The van der Waals surface area contributed by atoms with Gasteiger partial charge in [0.1, 0.15) is 11.4 Å². The minimum Gasteiger partial charge on any atom is -0.543 e. The quantitative estimate of drug-likeness (QED) is 0.483. The van der Waals surface area contributed by atoms with Crippen molar-refractivity contribution in [1.29, 1.82) is 0 Å². The second-order valence-electron chi connectivity index (χ2n) is 2.54. The minimum absolute atomic E-state index is 0. The number of aromatic nitrogens is 1. The molecule has 72 valence electrons. The zero-order valence-corrected chi connectivity index (χ0v) is 10.5. The van der Waals surface area contributed by atoms with Gasteiger partial charge in [0.25, 0.3) is 0 Å². The summed E-state index contributed by atoms with van der Waals surface area (Å²) in [6, 6.07) is 1.02. The third-order valence-electron chi connectivity index (χ3n) is 1.17. The van der Waals surface area contributed by atoms with Crippen molar-refractivity contribution >= 4 is 15.8 Å². The minimum atomic E-state index is -3.24. The Labute approximate surface area is 102 Å². The van der Waals surface area contributed by atoms with E-state index in [1.807, 2.05) is 0 Å². The first-order valence-corrected chi connectivity index (χ1v) is 5.29. The molecule has 1 aromatic rings. The van der Waals surface area contributed by atoms with Crippen molar-refractivity contribution in [2.24, 2.45) is 0 Å². The molecule has 0 fully saturated rings. The fourth-order valence-corrected chi connectivity index (χ4v) is 1.39. The Balaban J connectivity index is 0.00000169. The van der Waals surface area contributed by atoms with Crippen LogP contribution in [0.4, 0.5) is 0 Å². The summed E-state index contributed by atoms with van der Waals surface area (Å²) in [6.07, 6.45) is 1.01. The summed E-state index contributed by atoms with van der Waals surface area (Å²) in [5.41, 5.74) is -0.404. The van der Waals surface area contributed by atoms with Crippen LogP contribution in [0.1, 0.15) is 16.2 Å². The summed E-state index contributed by atoms with van der Waals surface area (Å²) in [7, 11) is -3.24. The molecule has 0 N–H and O–H groups in total.